The molecule has 11 heteroatoms. The van der Waals surface area contributed by atoms with Gasteiger partial charge in [0.25, 0.3) is 0 Å². The predicted octanol–water partition coefficient (Wildman–Crippen LogP) is -1.61. The lowest BCUT2D eigenvalue weighted by Crippen LogP contribution is -2.59. The maximum absolute atomic E-state index is 11.8. The third kappa shape index (κ3) is 6.74. The van der Waals surface area contributed by atoms with E-state index >= 15 is 0 Å². The van der Waals surface area contributed by atoms with Crippen LogP contribution in [0.1, 0.15) is 5.56 Å². The third-order valence-electron chi connectivity index (χ3n) is 4.55. The molecule has 1 heterocycles. The fourth-order valence-electron chi connectivity index (χ4n) is 2.63. The zero-order valence-corrected chi connectivity index (χ0v) is 16.4. The number of aromatic hydroxyl groups is 2. The van der Waals surface area contributed by atoms with Crippen LogP contribution >= 0.6 is 0 Å². The third-order valence-corrected chi connectivity index (χ3v) is 4.55. The Bertz CT molecular complexity index is 791. The summed E-state index contributed by atoms with van der Waals surface area (Å²) in [7, 11) is 0. The lowest BCUT2D eigenvalue weighted by Gasteiger charge is -2.39. The van der Waals surface area contributed by atoms with Gasteiger partial charge in [-0.1, -0.05) is 12.6 Å². The molecular weight excluding hydrogens is 416 g/mol. The van der Waals surface area contributed by atoms with Gasteiger partial charge in [-0.2, -0.15) is 0 Å². The highest BCUT2D eigenvalue weighted by Crippen LogP contribution is 2.25. The van der Waals surface area contributed by atoms with Crippen LogP contribution in [0.3, 0.4) is 0 Å². The van der Waals surface area contributed by atoms with Crippen molar-refractivity contribution in [2.45, 2.75) is 36.8 Å². The minimum atomic E-state index is -1.61. The van der Waals surface area contributed by atoms with Gasteiger partial charge in [0, 0.05) is 6.08 Å². The molecule has 7 N–H and O–H groups in total. The number of carbonyl (C=O) groups is 1. The predicted molar refractivity (Wildman–Crippen MR) is 105 cm³/mol. The number of phenolic OH excluding ortho intramolecular Hbond substituents is 2. The van der Waals surface area contributed by atoms with Crippen LogP contribution in [-0.2, 0) is 19.0 Å². The molecule has 1 aromatic carbocycles. The molecule has 0 bridgehead atoms. The van der Waals surface area contributed by atoms with Crippen molar-refractivity contribution in [1.29, 1.82) is 0 Å². The van der Waals surface area contributed by atoms with Crippen molar-refractivity contribution in [3.8, 4) is 11.5 Å². The van der Waals surface area contributed by atoms with Crippen molar-refractivity contribution in [1.82, 2.24) is 0 Å². The van der Waals surface area contributed by atoms with Gasteiger partial charge in [0.05, 0.1) is 13.2 Å². The highest BCUT2D eigenvalue weighted by atomic mass is 16.7. The number of benzene rings is 1. The Morgan fingerprint density at radius 1 is 1.16 bits per heavy atom. The molecule has 1 fully saturated rings. The maximum atomic E-state index is 11.8. The fraction of sp³-hybridized carbons (Fsp3) is 0.450. The lowest BCUT2D eigenvalue weighted by atomic mass is 9.99. The minimum absolute atomic E-state index is 0.0774. The van der Waals surface area contributed by atoms with Crippen LogP contribution in [0.4, 0.5) is 0 Å². The number of esters is 1. The van der Waals surface area contributed by atoms with Crippen molar-refractivity contribution in [2.75, 3.05) is 19.8 Å². The highest BCUT2D eigenvalue weighted by Gasteiger charge is 2.44. The van der Waals surface area contributed by atoms with Gasteiger partial charge in [-0.15, -0.1) is 0 Å². The topological polar surface area (TPSA) is 186 Å². The molecule has 172 valence electrons. The summed E-state index contributed by atoms with van der Waals surface area (Å²) in [5.41, 5.74) is 0.521. The number of carbonyl (C=O) groups excluding carboxylic acids is 1. The van der Waals surface area contributed by atoms with Gasteiger partial charge in [-0.3, -0.25) is 0 Å². The van der Waals surface area contributed by atoms with Crippen LogP contribution in [0.5, 0.6) is 11.5 Å². The SMILES string of the molecule is C=C(COC(=O)/C=C/c1ccc(O)c(O)c1)[C@H](O)CO[C@@H]1O[C@H](CO)[C@@H](O)[C@H](O)[C@H]1O. The summed E-state index contributed by atoms with van der Waals surface area (Å²) in [6, 6.07) is 3.98. The van der Waals surface area contributed by atoms with Gasteiger partial charge >= 0.3 is 5.97 Å². The standard InChI is InChI=1S/C20H26O11/c1-10(8-29-16(25)5-3-11-2-4-12(22)13(23)6-11)14(24)9-30-20-19(28)18(27)17(26)15(7-21)31-20/h2-6,14-15,17-24,26-28H,1,7-9H2/b5-3+/t14-,15-,17-,18+,19-,20-/m1/s1. The van der Waals surface area contributed by atoms with Gasteiger partial charge in [-0.25, -0.2) is 4.79 Å². The second-order valence-corrected chi connectivity index (χ2v) is 6.89. The van der Waals surface area contributed by atoms with Gasteiger partial charge in [0.1, 0.15) is 37.1 Å². The van der Waals surface area contributed by atoms with E-state index in [2.05, 4.69) is 6.58 Å². The summed E-state index contributed by atoms with van der Waals surface area (Å²) in [4.78, 5) is 11.8. The molecule has 1 aliphatic rings. The Morgan fingerprint density at radius 3 is 2.52 bits per heavy atom. The summed E-state index contributed by atoms with van der Waals surface area (Å²) in [6.07, 6.45) is -6.19. The van der Waals surface area contributed by atoms with E-state index in [1.165, 1.54) is 24.3 Å². The largest absolute Gasteiger partial charge is 0.504 e. The summed E-state index contributed by atoms with van der Waals surface area (Å²) in [5.74, 6) is -1.39. The average Bonchev–Trinajstić information content (AvgIpc) is 2.75. The Hall–Kier alpha value is -2.51. The zero-order valence-electron chi connectivity index (χ0n) is 16.4. The molecule has 0 radical (unpaired) electrons. The van der Waals surface area contributed by atoms with E-state index in [1.807, 2.05) is 0 Å². The Labute approximate surface area is 177 Å². The Balaban J connectivity index is 1.78. The van der Waals surface area contributed by atoms with Gasteiger partial charge < -0.3 is 50.0 Å². The molecule has 11 nitrogen and oxygen atoms in total. The molecular formula is C20H26O11. The molecule has 2 rings (SSSR count). The van der Waals surface area contributed by atoms with E-state index in [4.69, 9.17) is 19.3 Å². The van der Waals surface area contributed by atoms with Crippen LogP contribution in [0.2, 0.25) is 0 Å². The molecule has 1 aliphatic heterocycles. The van der Waals surface area contributed by atoms with Gasteiger partial charge in [0.15, 0.2) is 17.8 Å². The van der Waals surface area contributed by atoms with Crippen LogP contribution in [0.25, 0.3) is 6.08 Å². The molecule has 31 heavy (non-hydrogen) atoms. The van der Waals surface area contributed by atoms with Crippen molar-refractivity contribution < 1.29 is 54.8 Å². The van der Waals surface area contributed by atoms with Crippen LogP contribution in [-0.4, -0.2) is 98.3 Å². The van der Waals surface area contributed by atoms with E-state index in [-0.39, 0.29) is 23.7 Å². The van der Waals surface area contributed by atoms with E-state index in [1.54, 1.807) is 0 Å². The summed E-state index contributed by atoms with van der Waals surface area (Å²) < 4.78 is 15.3. The summed E-state index contributed by atoms with van der Waals surface area (Å²) in [5, 5.41) is 67.2. The molecule has 0 saturated carbocycles. The summed E-state index contributed by atoms with van der Waals surface area (Å²) in [6.45, 7) is 2.19. The van der Waals surface area contributed by atoms with Crippen LogP contribution in [0.15, 0.2) is 36.4 Å². The average molecular weight is 442 g/mol. The first-order valence-corrected chi connectivity index (χ1v) is 9.28. The molecule has 1 aromatic rings. The first-order valence-electron chi connectivity index (χ1n) is 9.28. The van der Waals surface area contributed by atoms with E-state index < -0.39 is 56.0 Å². The van der Waals surface area contributed by atoms with Crippen molar-refractivity contribution in [3.63, 3.8) is 0 Å². The monoisotopic (exact) mass is 442 g/mol. The fourth-order valence-corrected chi connectivity index (χ4v) is 2.63. The van der Waals surface area contributed by atoms with Crippen LogP contribution < -0.4 is 0 Å². The molecule has 0 aliphatic carbocycles. The van der Waals surface area contributed by atoms with Crippen molar-refractivity contribution in [3.05, 3.63) is 42.0 Å². The number of aliphatic hydroxyl groups is 5. The Morgan fingerprint density at radius 2 is 1.87 bits per heavy atom. The molecule has 0 amide bonds. The number of hydrogen-bond donors (Lipinski definition) is 7. The van der Waals surface area contributed by atoms with Gasteiger partial charge in [-0.05, 0) is 29.3 Å². The number of phenols is 2. The molecule has 1 saturated heterocycles. The van der Waals surface area contributed by atoms with Gasteiger partial charge in [0.2, 0.25) is 0 Å². The first kappa shape index (κ1) is 24.8. The highest BCUT2D eigenvalue weighted by molar-refractivity contribution is 5.87. The van der Waals surface area contributed by atoms with E-state index in [0.29, 0.717) is 5.56 Å². The van der Waals surface area contributed by atoms with Crippen molar-refractivity contribution in [2.24, 2.45) is 0 Å². The number of hydrogen-bond acceptors (Lipinski definition) is 11. The smallest absolute Gasteiger partial charge is 0.331 e. The van der Waals surface area contributed by atoms with E-state index in [0.717, 1.165) is 6.08 Å². The lowest BCUT2D eigenvalue weighted by molar-refractivity contribution is -0.303. The summed E-state index contributed by atoms with van der Waals surface area (Å²) >= 11 is 0. The second-order valence-electron chi connectivity index (χ2n) is 6.89. The Kier molecular flexibility index (Phi) is 8.95. The number of aliphatic hydroxyl groups excluding tert-OH is 5. The van der Waals surface area contributed by atoms with E-state index in [9.17, 15) is 35.4 Å². The molecule has 6 atom stereocenters. The normalized spacial score (nSPS) is 27.2. The first-order chi connectivity index (χ1) is 14.6. The minimum Gasteiger partial charge on any atom is -0.504 e. The number of rotatable bonds is 9. The van der Waals surface area contributed by atoms with Crippen LogP contribution in [0, 0.1) is 0 Å². The van der Waals surface area contributed by atoms with Crippen molar-refractivity contribution >= 4 is 12.0 Å². The quantitative estimate of drug-likeness (QED) is 0.101. The molecule has 0 unspecified atom stereocenters. The second kappa shape index (κ2) is 11.2. The zero-order chi connectivity index (χ0) is 23.1. The molecule has 0 aromatic heterocycles. The maximum Gasteiger partial charge on any atom is 0.331 e. The molecule has 0 spiro atoms. The number of ether oxygens (including phenoxy) is 3.